The van der Waals surface area contributed by atoms with Gasteiger partial charge in [-0.1, -0.05) is 30.0 Å². The van der Waals surface area contributed by atoms with Crippen molar-refractivity contribution in [3.63, 3.8) is 0 Å². The molecule has 178 valence electrons. The van der Waals surface area contributed by atoms with E-state index in [9.17, 15) is 13.9 Å². The molecule has 0 aliphatic rings. The van der Waals surface area contributed by atoms with Gasteiger partial charge in [-0.3, -0.25) is 4.90 Å². The van der Waals surface area contributed by atoms with E-state index in [1.54, 1.807) is 0 Å². The lowest BCUT2D eigenvalue weighted by Gasteiger charge is -2.33. The van der Waals surface area contributed by atoms with Crippen molar-refractivity contribution >= 4 is 5.69 Å². The van der Waals surface area contributed by atoms with Crippen molar-refractivity contribution in [2.75, 3.05) is 19.3 Å². The minimum absolute atomic E-state index is 0.00506. The number of anilines is 1. The van der Waals surface area contributed by atoms with Crippen LogP contribution in [0.4, 0.5) is 14.5 Å². The van der Waals surface area contributed by atoms with Crippen molar-refractivity contribution < 1.29 is 13.9 Å². The molecule has 4 rings (SSSR count). The summed E-state index contributed by atoms with van der Waals surface area (Å²) in [7, 11) is 1.82. The number of hydrogen-bond acceptors (Lipinski definition) is 5. The maximum Gasteiger partial charge on any atom is 0.137 e. The number of aromatic nitrogens is 3. The molecule has 0 bridgehead atoms. The molecule has 0 aliphatic heterocycles. The first-order valence-corrected chi connectivity index (χ1v) is 11.0. The number of nitrogens with zero attached hydrogens (tertiary/aromatic N) is 4. The number of nitrogen functional groups attached to an aromatic ring is 1. The van der Waals surface area contributed by atoms with Crippen molar-refractivity contribution in [1.82, 2.24) is 19.7 Å². The van der Waals surface area contributed by atoms with Gasteiger partial charge >= 0.3 is 0 Å². The molecule has 35 heavy (non-hydrogen) atoms. The first-order chi connectivity index (χ1) is 16.8. The molecular formula is C27H25F2N5O. The molecule has 4 aromatic rings. The minimum atomic E-state index is -1.66. The van der Waals surface area contributed by atoms with E-state index in [0.717, 1.165) is 28.8 Å². The summed E-state index contributed by atoms with van der Waals surface area (Å²) in [6.07, 6.45) is 2.78. The van der Waals surface area contributed by atoms with E-state index >= 15 is 0 Å². The topological polar surface area (TPSA) is 80.2 Å². The summed E-state index contributed by atoms with van der Waals surface area (Å²) >= 11 is 0. The number of benzene rings is 3. The largest absolute Gasteiger partial charge is 0.399 e. The Labute approximate surface area is 202 Å². The highest BCUT2D eigenvalue weighted by Gasteiger charge is 2.34. The van der Waals surface area contributed by atoms with Crippen LogP contribution >= 0.6 is 0 Å². The van der Waals surface area contributed by atoms with E-state index < -0.39 is 17.2 Å². The second-order valence-corrected chi connectivity index (χ2v) is 8.49. The molecule has 1 atom stereocenters. The zero-order chi connectivity index (χ0) is 24.8. The third-order valence-corrected chi connectivity index (χ3v) is 5.52. The average molecular weight is 474 g/mol. The quantitative estimate of drug-likeness (QED) is 0.317. The molecule has 0 radical (unpaired) electrons. The van der Waals surface area contributed by atoms with Crippen molar-refractivity contribution in [3.8, 4) is 11.8 Å². The first-order valence-electron chi connectivity index (χ1n) is 11.0. The summed E-state index contributed by atoms with van der Waals surface area (Å²) in [5, 5.41) is 15.5. The van der Waals surface area contributed by atoms with Crippen LogP contribution in [-0.4, -0.2) is 38.4 Å². The van der Waals surface area contributed by atoms with Crippen LogP contribution in [-0.2, 0) is 18.7 Å². The molecule has 0 amide bonds. The van der Waals surface area contributed by atoms with Gasteiger partial charge in [0.1, 0.15) is 29.9 Å². The number of aliphatic hydroxyl groups is 1. The Kier molecular flexibility index (Phi) is 7.20. The number of rotatable bonds is 7. The molecule has 1 unspecified atom stereocenters. The number of hydrogen-bond donors (Lipinski definition) is 2. The molecule has 0 saturated carbocycles. The SMILES string of the molecule is CN(Cc1ccc(C#Cc2ccc(N)cc2)cc1)CC(O)(Cn1cncn1)c1ccc(F)cc1F. The highest BCUT2D eigenvalue weighted by Crippen LogP contribution is 2.28. The maximum absolute atomic E-state index is 14.6. The Bertz CT molecular complexity index is 1330. The predicted molar refractivity (Wildman–Crippen MR) is 130 cm³/mol. The van der Waals surface area contributed by atoms with E-state index in [0.29, 0.717) is 12.2 Å². The van der Waals surface area contributed by atoms with E-state index in [4.69, 9.17) is 5.73 Å². The highest BCUT2D eigenvalue weighted by molar-refractivity contribution is 5.48. The predicted octanol–water partition coefficient (Wildman–Crippen LogP) is 3.56. The molecule has 6 nitrogen and oxygen atoms in total. The Morgan fingerprint density at radius 1 is 1.00 bits per heavy atom. The van der Waals surface area contributed by atoms with Crippen LogP contribution in [0, 0.1) is 23.5 Å². The van der Waals surface area contributed by atoms with Crippen LogP contribution in [0.1, 0.15) is 22.3 Å². The highest BCUT2D eigenvalue weighted by atomic mass is 19.1. The average Bonchev–Trinajstić information content (AvgIpc) is 3.32. The number of likely N-dealkylation sites (N-methyl/N-ethyl adjacent to an activating group) is 1. The van der Waals surface area contributed by atoms with Crippen molar-refractivity contribution in [3.05, 3.63) is 113 Å². The van der Waals surface area contributed by atoms with E-state index in [1.165, 1.54) is 23.4 Å². The van der Waals surface area contributed by atoms with Crippen molar-refractivity contribution in [1.29, 1.82) is 0 Å². The normalized spacial score (nSPS) is 12.7. The number of halogens is 2. The fraction of sp³-hybridized carbons (Fsp3) is 0.185. The fourth-order valence-corrected chi connectivity index (χ4v) is 3.89. The lowest BCUT2D eigenvalue weighted by atomic mass is 9.92. The van der Waals surface area contributed by atoms with E-state index in [2.05, 4.69) is 21.9 Å². The lowest BCUT2D eigenvalue weighted by molar-refractivity contribution is -0.0175. The number of nitrogens with two attached hydrogens (primary N) is 1. The summed E-state index contributed by atoms with van der Waals surface area (Å²) < 4.78 is 29.5. The van der Waals surface area contributed by atoms with Gasteiger partial charge in [0.05, 0.1) is 6.54 Å². The van der Waals surface area contributed by atoms with Gasteiger partial charge in [0, 0.05) is 41.5 Å². The minimum Gasteiger partial charge on any atom is -0.399 e. The third kappa shape index (κ3) is 6.29. The Morgan fingerprint density at radius 2 is 1.66 bits per heavy atom. The molecule has 0 spiro atoms. The van der Waals surface area contributed by atoms with Crippen LogP contribution in [0.25, 0.3) is 0 Å². The van der Waals surface area contributed by atoms with Crippen molar-refractivity contribution in [2.45, 2.75) is 18.7 Å². The van der Waals surface area contributed by atoms with Gasteiger partial charge < -0.3 is 10.8 Å². The van der Waals surface area contributed by atoms with Gasteiger partial charge in [0.15, 0.2) is 0 Å². The summed E-state index contributed by atoms with van der Waals surface area (Å²) in [4.78, 5) is 5.76. The second kappa shape index (κ2) is 10.5. The van der Waals surface area contributed by atoms with Gasteiger partial charge in [0.25, 0.3) is 0 Å². The zero-order valence-corrected chi connectivity index (χ0v) is 19.2. The smallest absolute Gasteiger partial charge is 0.137 e. The molecule has 3 N–H and O–H groups in total. The summed E-state index contributed by atoms with van der Waals surface area (Å²) in [6.45, 7) is 0.530. The Morgan fingerprint density at radius 3 is 2.26 bits per heavy atom. The fourth-order valence-electron chi connectivity index (χ4n) is 3.89. The van der Waals surface area contributed by atoms with Gasteiger partial charge in [-0.2, -0.15) is 5.10 Å². The van der Waals surface area contributed by atoms with Gasteiger partial charge in [-0.15, -0.1) is 0 Å². The molecule has 0 saturated heterocycles. The van der Waals surface area contributed by atoms with Crippen LogP contribution < -0.4 is 5.73 Å². The van der Waals surface area contributed by atoms with Crippen LogP contribution in [0.15, 0.2) is 79.4 Å². The van der Waals surface area contributed by atoms with Crippen molar-refractivity contribution in [2.24, 2.45) is 0 Å². The molecule has 1 heterocycles. The lowest BCUT2D eigenvalue weighted by Crippen LogP contribution is -2.43. The summed E-state index contributed by atoms with van der Waals surface area (Å²) in [5.41, 5.74) is 7.46. The molecule has 1 aromatic heterocycles. The molecule has 0 aliphatic carbocycles. The Balaban J connectivity index is 1.47. The van der Waals surface area contributed by atoms with E-state index in [1.807, 2.05) is 60.5 Å². The summed E-state index contributed by atoms with van der Waals surface area (Å²) in [6, 6.07) is 18.3. The monoisotopic (exact) mass is 473 g/mol. The Hall–Kier alpha value is -4.06. The first kappa shape index (κ1) is 24.1. The van der Waals surface area contributed by atoms with Crippen LogP contribution in [0.3, 0.4) is 0 Å². The molecule has 0 fully saturated rings. The molecule has 8 heteroatoms. The van der Waals surface area contributed by atoms with Crippen LogP contribution in [0.5, 0.6) is 0 Å². The van der Waals surface area contributed by atoms with Crippen LogP contribution in [0.2, 0.25) is 0 Å². The maximum atomic E-state index is 14.6. The summed E-state index contributed by atoms with van der Waals surface area (Å²) in [5.74, 6) is 4.71. The molecular weight excluding hydrogens is 448 g/mol. The molecule has 3 aromatic carbocycles. The zero-order valence-electron chi connectivity index (χ0n) is 19.2. The second-order valence-electron chi connectivity index (χ2n) is 8.49. The third-order valence-electron chi connectivity index (χ3n) is 5.52. The van der Waals surface area contributed by atoms with Gasteiger partial charge in [0.2, 0.25) is 0 Å². The van der Waals surface area contributed by atoms with E-state index in [-0.39, 0.29) is 18.7 Å². The van der Waals surface area contributed by atoms with Gasteiger partial charge in [-0.25, -0.2) is 18.4 Å². The van der Waals surface area contributed by atoms with Gasteiger partial charge in [-0.05, 0) is 55.1 Å². The standard InChI is InChI=1S/C27H25F2N5O/c1-33(15-22-6-4-20(5-7-22)2-3-21-8-11-24(30)12-9-21)16-27(35,17-34-19-31-18-32-34)25-13-10-23(28)14-26(25)29/h4-14,18-19,35H,15-17,30H2,1H3.